The van der Waals surface area contributed by atoms with Crippen molar-refractivity contribution in [3.63, 3.8) is 0 Å². The zero-order valence-corrected chi connectivity index (χ0v) is 9.97. The molecular weight excluding hydrogens is 212 g/mol. The van der Waals surface area contributed by atoms with Gasteiger partial charge in [0.15, 0.2) is 0 Å². The molecule has 17 heavy (non-hydrogen) atoms. The van der Waals surface area contributed by atoms with Crippen molar-refractivity contribution in [2.45, 2.75) is 19.8 Å². The summed E-state index contributed by atoms with van der Waals surface area (Å²) in [5.41, 5.74) is 2.10. The molecule has 0 aliphatic heterocycles. The lowest BCUT2D eigenvalue weighted by Gasteiger charge is -2.09. The molecule has 0 saturated carbocycles. The Morgan fingerprint density at radius 1 is 1.06 bits per heavy atom. The zero-order valence-electron chi connectivity index (χ0n) is 9.97. The van der Waals surface area contributed by atoms with E-state index in [0.717, 1.165) is 36.3 Å². The molecule has 0 atom stereocenters. The molecule has 3 nitrogen and oxygen atoms in total. The summed E-state index contributed by atoms with van der Waals surface area (Å²) < 4.78 is 5.73. The SMILES string of the molecule is CCCCOc1cnncc1-c1ccccc1. The quantitative estimate of drug-likeness (QED) is 0.736. The molecular formula is C14H16N2O. The molecule has 0 aliphatic rings. The fraction of sp³-hybridized carbons (Fsp3) is 0.286. The third-order valence-corrected chi connectivity index (χ3v) is 2.53. The molecule has 0 radical (unpaired) electrons. The normalized spacial score (nSPS) is 10.2. The molecule has 2 aromatic rings. The Morgan fingerprint density at radius 2 is 1.82 bits per heavy atom. The summed E-state index contributed by atoms with van der Waals surface area (Å²) in [6.07, 6.45) is 5.60. The number of unbranched alkanes of at least 4 members (excludes halogenated alkanes) is 1. The summed E-state index contributed by atoms with van der Waals surface area (Å²) >= 11 is 0. The monoisotopic (exact) mass is 228 g/mol. The smallest absolute Gasteiger partial charge is 0.148 e. The van der Waals surface area contributed by atoms with Gasteiger partial charge in [-0.3, -0.25) is 0 Å². The van der Waals surface area contributed by atoms with E-state index in [1.807, 2.05) is 30.3 Å². The van der Waals surface area contributed by atoms with Crippen LogP contribution in [0.1, 0.15) is 19.8 Å². The first-order valence-corrected chi connectivity index (χ1v) is 5.90. The van der Waals surface area contributed by atoms with Gasteiger partial charge in [0.05, 0.1) is 19.0 Å². The maximum absolute atomic E-state index is 5.73. The van der Waals surface area contributed by atoms with Gasteiger partial charge in [-0.25, -0.2) is 0 Å². The van der Waals surface area contributed by atoms with E-state index in [9.17, 15) is 0 Å². The molecule has 0 bridgehead atoms. The molecule has 1 aromatic heterocycles. The number of hydrogen-bond acceptors (Lipinski definition) is 3. The highest BCUT2D eigenvalue weighted by atomic mass is 16.5. The first kappa shape index (κ1) is 11.6. The lowest BCUT2D eigenvalue weighted by Crippen LogP contribution is -1.99. The van der Waals surface area contributed by atoms with Gasteiger partial charge in [0, 0.05) is 5.56 Å². The van der Waals surface area contributed by atoms with Crippen LogP contribution in [0.2, 0.25) is 0 Å². The Morgan fingerprint density at radius 3 is 2.59 bits per heavy atom. The van der Waals surface area contributed by atoms with Gasteiger partial charge in [0.1, 0.15) is 5.75 Å². The minimum Gasteiger partial charge on any atom is -0.491 e. The number of hydrogen-bond donors (Lipinski definition) is 0. The summed E-state index contributed by atoms with van der Waals surface area (Å²) in [5.74, 6) is 0.805. The maximum atomic E-state index is 5.73. The molecule has 1 aromatic carbocycles. The Labute approximate surface area is 101 Å². The van der Waals surface area contributed by atoms with Gasteiger partial charge in [-0.05, 0) is 12.0 Å². The van der Waals surface area contributed by atoms with E-state index >= 15 is 0 Å². The van der Waals surface area contributed by atoms with Crippen LogP contribution in [0.5, 0.6) is 5.75 Å². The highest BCUT2D eigenvalue weighted by molar-refractivity contribution is 5.68. The standard InChI is InChI=1S/C14H16N2O/c1-2-3-9-17-14-11-16-15-10-13(14)12-7-5-4-6-8-12/h4-8,10-11H,2-3,9H2,1H3. The van der Waals surface area contributed by atoms with Crippen LogP contribution in [0.15, 0.2) is 42.7 Å². The number of nitrogens with zero attached hydrogens (tertiary/aromatic N) is 2. The predicted octanol–water partition coefficient (Wildman–Crippen LogP) is 3.32. The molecule has 0 fully saturated rings. The van der Waals surface area contributed by atoms with E-state index in [2.05, 4.69) is 17.1 Å². The average Bonchev–Trinajstić information content (AvgIpc) is 2.41. The fourth-order valence-electron chi connectivity index (χ4n) is 1.59. The highest BCUT2D eigenvalue weighted by Gasteiger charge is 2.06. The Kier molecular flexibility index (Phi) is 4.08. The Bertz CT molecular complexity index is 457. The summed E-state index contributed by atoms with van der Waals surface area (Å²) in [7, 11) is 0. The Balaban J connectivity index is 2.22. The molecule has 0 spiro atoms. The summed E-state index contributed by atoms with van der Waals surface area (Å²) in [6.45, 7) is 2.87. The van der Waals surface area contributed by atoms with Gasteiger partial charge in [-0.15, -0.1) is 0 Å². The molecule has 2 rings (SSSR count). The minimum atomic E-state index is 0.724. The van der Waals surface area contributed by atoms with Crippen LogP contribution in [-0.4, -0.2) is 16.8 Å². The van der Waals surface area contributed by atoms with Crippen LogP contribution >= 0.6 is 0 Å². The van der Waals surface area contributed by atoms with Crippen LogP contribution in [0.3, 0.4) is 0 Å². The molecule has 3 heteroatoms. The molecule has 0 aliphatic carbocycles. The van der Waals surface area contributed by atoms with Crippen molar-refractivity contribution in [3.05, 3.63) is 42.7 Å². The average molecular weight is 228 g/mol. The van der Waals surface area contributed by atoms with Crippen LogP contribution in [0, 0.1) is 0 Å². The number of benzene rings is 1. The summed E-state index contributed by atoms with van der Waals surface area (Å²) in [4.78, 5) is 0. The van der Waals surface area contributed by atoms with E-state index < -0.39 is 0 Å². The molecule has 0 N–H and O–H groups in total. The van der Waals surface area contributed by atoms with Gasteiger partial charge in [0.25, 0.3) is 0 Å². The first-order valence-electron chi connectivity index (χ1n) is 5.90. The summed E-state index contributed by atoms with van der Waals surface area (Å²) in [5, 5.41) is 7.79. The summed E-state index contributed by atoms with van der Waals surface area (Å²) in [6, 6.07) is 10.1. The van der Waals surface area contributed by atoms with Crippen molar-refractivity contribution in [2.24, 2.45) is 0 Å². The van der Waals surface area contributed by atoms with Gasteiger partial charge in [-0.1, -0.05) is 43.7 Å². The van der Waals surface area contributed by atoms with E-state index in [1.165, 1.54) is 0 Å². The van der Waals surface area contributed by atoms with Gasteiger partial charge >= 0.3 is 0 Å². The number of rotatable bonds is 5. The second-order valence-corrected chi connectivity index (χ2v) is 3.84. The number of ether oxygens (including phenoxy) is 1. The maximum Gasteiger partial charge on any atom is 0.148 e. The van der Waals surface area contributed by atoms with Gasteiger partial charge < -0.3 is 4.74 Å². The first-order chi connectivity index (χ1) is 8.42. The van der Waals surface area contributed by atoms with Crippen molar-refractivity contribution < 1.29 is 4.74 Å². The lowest BCUT2D eigenvalue weighted by atomic mass is 10.1. The van der Waals surface area contributed by atoms with Crippen molar-refractivity contribution in [2.75, 3.05) is 6.61 Å². The predicted molar refractivity (Wildman–Crippen MR) is 67.9 cm³/mol. The number of aromatic nitrogens is 2. The van der Waals surface area contributed by atoms with E-state index in [4.69, 9.17) is 4.74 Å². The van der Waals surface area contributed by atoms with Crippen LogP contribution in [0.25, 0.3) is 11.1 Å². The van der Waals surface area contributed by atoms with Crippen LogP contribution < -0.4 is 4.74 Å². The Hall–Kier alpha value is -1.90. The second-order valence-electron chi connectivity index (χ2n) is 3.84. The zero-order chi connectivity index (χ0) is 11.9. The molecule has 1 heterocycles. The molecule has 88 valence electrons. The molecule has 0 unspecified atom stereocenters. The fourth-order valence-corrected chi connectivity index (χ4v) is 1.59. The second kappa shape index (κ2) is 5.99. The van der Waals surface area contributed by atoms with Gasteiger partial charge in [-0.2, -0.15) is 10.2 Å². The third kappa shape index (κ3) is 3.03. The van der Waals surface area contributed by atoms with E-state index in [1.54, 1.807) is 12.4 Å². The van der Waals surface area contributed by atoms with Crippen LogP contribution in [-0.2, 0) is 0 Å². The van der Waals surface area contributed by atoms with E-state index in [0.29, 0.717) is 0 Å². The van der Waals surface area contributed by atoms with Crippen LogP contribution in [0.4, 0.5) is 0 Å². The topological polar surface area (TPSA) is 35.0 Å². The van der Waals surface area contributed by atoms with Crippen molar-refractivity contribution in [1.29, 1.82) is 0 Å². The van der Waals surface area contributed by atoms with E-state index in [-0.39, 0.29) is 0 Å². The van der Waals surface area contributed by atoms with Crippen molar-refractivity contribution >= 4 is 0 Å². The minimum absolute atomic E-state index is 0.724. The lowest BCUT2D eigenvalue weighted by molar-refractivity contribution is 0.309. The van der Waals surface area contributed by atoms with Gasteiger partial charge in [0.2, 0.25) is 0 Å². The largest absolute Gasteiger partial charge is 0.491 e. The third-order valence-electron chi connectivity index (χ3n) is 2.53. The highest BCUT2D eigenvalue weighted by Crippen LogP contribution is 2.27. The van der Waals surface area contributed by atoms with Crippen molar-refractivity contribution in [3.8, 4) is 16.9 Å². The molecule has 0 saturated heterocycles. The molecule has 0 amide bonds. The van der Waals surface area contributed by atoms with Crippen molar-refractivity contribution in [1.82, 2.24) is 10.2 Å².